The Kier molecular flexibility index (Phi) is 8.12. The minimum atomic E-state index is -0.350. The van der Waals surface area contributed by atoms with Crippen LogP contribution in [0.25, 0.3) is 0 Å². The molecule has 2 aromatic rings. The van der Waals surface area contributed by atoms with Crippen molar-refractivity contribution in [3.8, 4) is 11.5 Å². The molecule has 7 heteroatoms. The van der Waals surface area contributed by atoms with Crippen molar-refractivity contribution in [1.82, 2.24) is 5.43 Å². The number of ether oxygens (including phenoxy) is 2. The predicted molar refractivity (Wildman–Crippen MR) is 110 cm³/mol. The van der Waals surface area contributed by atoms with Crippen LogP contribution in [0.2, 0.25) is 0 Å². The Morgan fingerprint density at radius 1 is 1.08 bits per heavy atom. The molecule has 5 nitrogen and oxygen atoms in total. The van der Waals surface area contributed by atoms with E-state index in [2.05, 4.69) is 42.4 Å². The molecule has 0 spiro atoms. The van der Waals surface area contributed by atoms with Crippen molar-refractivity contribution < 1.29 is 14.3 Å². The fourth-order valence-electron chi connectivity index (χ4n) is 2.15. The topological polar surface area (TPSA) is 59.9 Å². The molecule has 0 aromatic heterocycles. The highest BCUT2D eigenvalue weighted by Gasteiger charge is 2.12. The van der Waals surface area contributed by atoms with E-state index < -0.39 is 0 Å². The van der Waals surface area contributed by atoms with E-state index in [-0.39, 0.29) is 5.91 Å². The zero-order valence-electron chi connectivity index (χ0n) is 14.6. The van der Waals surface area contributed by atoms with Gasteiger partial charge in [0.2, 0.25) is 0 Å². The van der Waals surface area contributed by atoms with Crippen LogP contribution in [0.1, 0.15) is 36.2 Å². The fourth-order valence-corrected chi connectivity index (χ4v) is 2.89. The van der Waals surface area contributed by atoms with Gasteiger partial charge >= 0.3 is 0 Å². The standard InChI is InChI=1S/C19H20Br2N2O3/c1-3-9-26-17-7-5-14(20)10-13(17)12-22-23-19(24)16-11-15(21)6-8-18(16)25-4-2/h5-8,10-12H,3-4,9H2,1-2H3,(H,23,24). The number of nitrogens with zero attached hydrogens (tertiary/aromatic N) is 1. The molecule has 138 valence electrons. The molecule has 26 heavy (non-hydrogen) atoms. The van der Waals surface area contributed by atoms with E-state index in [0.29, 0.717) is 30.3 Å². The first-order chi connectivity index (χ1) is 12.5. The Hall–Kier alpha value is -1.86. The quantitative estimate of drug-likeness (QED) is 0.416. The van der Waals surface area contributed by atoms with Gasteiger partial charge in [-0.15, -0.1) is 0 Å². The molecule has 0 aliphatic rings. The van der Waals surface area contributed by atoms with Gasteiger partial charge in [0, 0.05) is 14.5 Å². The van der Waals surface area contributed by atoms with E-state index in [1.807, 2.05) is 38.1 Å². The summed E-state index contributed by atoms with van der Waals surface area (Å²) in [6.07, 6.45) is 2.47. The average Bonchev–Trinajstić information content (AvgIpc) is 2.62. The van der Waals surface area contributed by atoms with Crippen LogP contribution < -0.4 is 14.9 Å². The highest BCUT2D eigenvalue weighted by molar-refractivity contribution is 9.10. The smallest absolute Gasteiger partial charge is 0.275 e. The zero-order valence-corrected chi connectivity index (χ0v) is 17.8. The number of amides is 1. The highest BCUT2D eigenvalue weighted by Crippen LogP contribution is 2.24. The van der Waals surface area contributed by atoms with E-state index in [0.717, 1.165) is 20.9 Å². The lowest BCUT2D eigenvalue weighted by Gasteiger charge is -2.10. The van der Waals surface area contributed by atoms with Gasteiger partial charge in [-0.05, 0) is 49.7 Å². The third-order valence-corrected chi connectivity index (χ3v) is 4.28. The van der Waals surface area contributed by atoms with Gasteiger partial charge < -0.3 is 9.47 Å². The number of halogens is 2. The molecule has 1 amide bonds. The molecule has 0 saturated heterocycles. The van der Waals surface area contributed by atoms with Gasteiger partial charge in [0.25, 0.3) is 5.91 Å². The summed E-state index contributed by atoms with van der Waals surface area (Å²) in [5.41, 5.74) is 3.72. The summed E-state index contributed by atoms with van der Waals surface area (Å²) in [6, 6.07) is 10.9. The van der Waals surface area contributed by atoms with Gasteiger partial charge in [-0.25, -0.2) is 5.43 Å². The van der Waals surface area contributed by atoms with Crippen molar-refractivity contribution in [2.75, 3.05) is 13.2 Å². The second-order valence-electron chi connectivity index (χ2n) is 5.30. The summed E-state index contributed by atoms with van der Waals surface area (Å²) in [5.74, 6) is 0.875. The number of hydrazone groups is 1. The minimum Gasteiger partial charge on any atom is -0.493 e. The van der Waals surface area contributed by atoms with Gasteiger partial charge in [0.1, 0.15) is 11.5 Å². The van der Waals surface area contributed by atoms with Gasteiger partial charge in [0.15, 0.2) is 0 Å². The van der Waals surface area contributed by atoms with Crippen molar-refractivity contribution >= 4 is 44.0 Å². The molecule has 0 unspecified atom stereocenters. The van der Waals surface area contributed by atoms with Crippen molar-refractivity contribution in [3.05, 3.63) is 56.5 Å². The lowest BCUT2D eigenvalue weighted by Crippen LogP contribution is -2.19. The van der Waals surface area contributed by atoms with Crippen molar-refractivity contribution in [3.63, 3.8) is 0 Å². The minimum absolute atomic E-state index is 0.350. The summed E-state index contributed by atoms with van der Waals surface area (Å²) < 4.78 is 12.9. The maximum absolute atomic E-state index is 12.4. The number of hydrogen-bond donors (Lipinski definition) is 1. The molecule has 2 aromatic carbocycles. The third-order valence-electron chi connectivity index (χ3n) is 3.29. The fraction of sp³-hybridized carbons (Fsp3) is 0.263. The first-order valence-corrected chi connectivity index (χ1v) is 9.81. The third kappa shape index (κ3) is 5.85. The predicted octanol–water partition coefficient (Wildman–Crippen LogP) is 5.16. The average molecular weight is 484 g/mol. The van der Waals surface area contributed by atoms with Crippen LogP contribution in [0, 0.1) is 0 Å². The molecule has 0 radical (unpaired) electrons. The second-order valence-corrected chi connectivity index (χ2v) is 7.13. The number of carbonyl (C=O) groups is 1. The maximum Gasteiger partial charge on any atom is 0.275 e. The zero-order chi connectivity index (χ0) is 18.9. The van der Waals surface area contributed by atoms with Crippen LogP contribution in [0.3, 0.4) is 0 Å². The van der Waals surface area contributed by atoms with Gasteiger partial charge in [0.05, 0.1) is 25.0 Å². The van der Waals surface area contributed by atoms with E-state index in [4.69, 9.17) is 9.47 Å². The van der Waals surface area contributed by atoms with Crippen LogP contribution in [-0.4, -0.2) is 25.3 Å². The molecule has 1 N–H and O–H groups in total. The van der Waals surface area contributed by atoms with Crippen LogP contribution in [0.5, 0.6) is 11.5 Å². The van der Waals surface area contributed by atoms with Gasteiger partial charge in [-0.3, -0.25) is 4.79 Å². The lowest BCUT2D eigenvalue weighted by molar-refractivity contribution is 0.0951. The lowest BCUT2D eigenvalue weighted by atomic mass is 10.2. The van der Waals surface area contributed by atoms with E-state index in [1.165, 1.54) is 0 Å². The Morgan fingerprint density at radius 2 is 1.77 bits per heavy atom. The Balaban J connectivity index is 2.15. The SMILES string of the molecule is CCCOc1ccc(Br)cc1C=NNC(=O)c1cc(Br)ccc1OCC. The number of rotatable bonds is 8. The molecule has 0 saturated carbocycles. The molecule has 0 bridgehead atoms. The summed E-state index contributed by atoms with van der Waals surface area (Å²) in [6.45, 7) is 5.00. The monoisotopic (exact) mass is 482 g/mol. The number of benzene rings is 2. The van der Waals surface area contributed by atoms with Crippen LogP contribution in [0.15, 0.2) is 50.4 Å². The maximum atomic E-state index is 12.4. The largest absolute Gasteiger partial charge is 0.493 e. The van der Waals surface area contributed by atoms with E-state index in [1.54, 1.807) is 18.3 Å². The molecular weight excluding hydrogens is 464 g/mol. The van der Waals surface area contributed by atoms with E-state index >= 15 is 0 Å². The first-order valence-electron chi connectivity index (χ1n) is 8.23. The summed E-state index contributed by atoms with van der Waals surface area (Å²) in [5, 5.41) is 4.06. The summed E-state index contributed by atoms with van der Waals surface area (Å²) >= 11 is 6.80. The van der Waals surface area contributed by atoms with Crippen molar-refractivity contribution in [2.24, 2.45) is 5.10 Å². The molecular formula is C19H20Br2N2O3. The molecule has 0 aliphatic carbocycles. The highest BCUT2D eigenvalue weighted by atomic mass is 79.9. The van der Waals surface area contributed by atoms with Crippen molar-refractivity contribution in [1.29, 1.82) is 0 Å². The normalized spacial score (nSPS) is 10.8. The summed E-state index contributed by atoms with van der Waals surface area (Å²) in [4.78, 5) is 12.4. The van der Waals surface area contributed by atoms with Crippen LogP contribution >= 0.6 is 31.9 Å². The van der Waals surface area contributed by atoms with Gasteiger partial charge in [-0.2, -0.15) is 5.10 Å². The molecule has 0 aliphatic heterocycles. The second kappa shape index (κ2) is 10.3. The Labute approximate surface area is 170 Å². The Morgan fingerprint density at radius 3 is 2.46 bits per heavy atom. The van der Waals surface area contributed by atoms with Crippen molar-refractivity contribution in [2.45, 2.75) is 20.3 Å². The number of nitrogens with one attached hydrogen (secondary N) is 1. The first kappa shape index (κ1) is 20.5. The number of hydrogen-bond acceptors (Lipinski definition) is 4. The number of carbonyl (C=O) groups excluding carboxylic acids is 1. The van der Waals surface area contributed by atoms with Crippen LogP contribution in [-0.2, 0) is 0 Å². The molecule has 0 fully saturated rings. The molecule has 0 atom stereocenters. The summed E-state index contributed by atoms with van der Waals surface area (Å²) in [7, 11) is 0. The molecule has 0 heterocycles. The van der Waals surface area contributed by atoms with Gasteiger partial charge in [-0.1, -0.05) is 38.8 Å². The molecule has 2 rings (SSSR count). The Bertz CT molecular complexity index is 794. The van der Waals surface area contributed by atoms with E-state index in [9.17, 15) is 4.79 Å². The van der Waals surface area contributed by atoms with Crippen LogP contribution in [0.4, 0.5) is 0 Å².